The van der Waals surface area contributed by atoms with E-state index in [0.717, 1.165) is 25.7 Å². The maximum atomic E-state index is 13.8. The molecule has 1 aliphatic carbocycles. The van der Waals surface area contributed by atoms with Crippen LogP contribution in [0, 0.1) is 5.82 Å². The Labute approximate surface area is 186 Å². The quantitative estimate of drug-likeness (QED) is 0.719. The smallest absolute Gasteiger partial charge is 0.273 e. The van der Waals surface area contributed by atoms with E-state index in [9.17, 15) is 18.8 Å². The molecule has 1 aromatic heterocycles. The number of halogens is 1. The van der Waals surface area contributed by atoms with Crippen LogP contribution in [0.5, 0.6) is 0 Å². The summed E-state index contributed by atoms with van der Waals surface area (Å²) in [5.41, 5.74) is -0.432. The van der Waals surface area contributed by atoms with Crippen LogP contribution in [0.1, 0.15) is 66.1 Å². The van der Waals surface area contributed by atoms with Gasteiger partial charge in [-0.2, -0.15) is 5.10 Å². The Morgan fingerprint density at radius 3 is 2.66 bits per heavy atom. The van der Waals surface area contributed by atoms with Crippen LogP contribution < -0.4 is 10.6 Å². The summed E-state index contributed by atoms with van der Waals surface area (Å²) in [6.45, 7) is 4.08. The lowest BCUT2D eigenvalue weighted by Crippen LogP contribution is -2.64. The van der Waals surface area contributed by atoms with Crippen LogP contribution in [-0.4, -0.2) is 50.5 Å². The topological polar surface area (TPSA) is 96.3 Å². The first kappa shape index (κ1) is 22.0. The molecule has 0 saturated heterocycles. The average Bonchev–Trinajstić information content (AvgIpc) is 3.43. The van der Waals surface area contributed by atoms with Crippen molar-refractivity contribution in [3.63, 3.8) is 0 Å². The molecule has 0 unspecified atom stereocenters. The first-order valence-corrected chi connectivity index (χ1v) is 11.1. The number of carbonyl (C=O) groups is 3. The number of fused-ring (bicyclic) bond motifs is 1. The van der Waals surface area contributed by atoms with Gasteiger partial charge in [0.1, 0.15) is 17.1 Å². The predicted molar refractivity (Wildman–Crippen MR) is 115 cm³/mol. The highest BCUT2D eigenvalue weighted by atomic mass is 19.1. The van der Waals surface area contributed by atoms with Gasteiger partial charge in [-0.3, -0.25) is 19.1 Å². The highest BCUT2D eigenvalue weighted by Crippen LogP contribution is 2.28. The van der Waals surface area contributed by atoms with E-state index < -0.39 is 17.3 Å². The van der Waals surface area contributed by atoms with Crippen LogP contribution in [-0.2, 0) is 17.9 Å². The zero-order valence-corrected chi connectivity index (χ0v) is 18.4. The van der Waals surface area contributed by atoms with Gasteiger partial charge in [-0.25, -0.2) is 4.39 Å². The minimum absolute atomic E-state index is 0.00421. The number of hydrogen-bond acceptors (Lipinski definition) is 4. The number of aromatic nitrogens is 2. The lowest BCUT2D eigenvalue weighted by atomic mass is 9.94. The Hall–Kier alpha value is -3.23. The van der Waals surface area contributed by atoms with Crippen molar-refractivity contribution in [1.82, 2.24) is 25.3 Å². The van der Waals surface area contributed by atoms with Crippen molar-refractivity contribution in [2.45, 2.75) is 64.2 Å². The van der Waals surface area contributed by atoms with E-state index in [0.29, 0.717) is 12.1 Å². The van der Waals surface area contributed by atoms with Crippen molar-refractivity contribution in [3.8, 4) is 0 Å². The van der Waals surface area contributed by atoms with Crippen molar-refractivity contribution >= 4 is 17.7 Å². The Morgan fingerprint density at radius 2 is 1.97 bits per heavy atom. The number of nitrogens with zero attached hydrogens (tertiary/aromatic N) is 3. The zero-order chi connectivity index (χ0) is 22.9. The molecule has 0 spiro atoms. The summed E-state index contributed by atoms with van der Waals surface area (Å²) in [6, 6.07) is 7.74. The van der Waals surface area contributed by atoms with Gasteiger partial charge < -0.3 is 15.5 Å². The van der Waals surface area contributed by atoms with Crippen molar-refractivity contribution in [3.05, 3.63) is 53.1 Å². The molecule has 32 heavy (non-hydrogen) atoms. The molecule has 0 radical (unpaired) electrons. The SMILES string of the molecule is CCN1C(=O)c2cc(C(=O)NCc3ccccc3F)nn2C[C@]1(C)C(=O)NC1CCCC1. The summed E-state index contributed by atoms with van der Waals surface area (Å²) in [5, 5.41) is 10.0. The van der Waals surface area contributed by atoms with E-state index in [1.54, 1.807) is 25.1 Å². The minimum atomic E-state index is -1.10. The number of nitrogens with one attached hydrogen (secondary N) is 2. The number of carbonyl (C=O) groups excluding carboxylic acids is 3. The Kier molecular flexibility index (Phi) is 5.99. The van der Waals surface area contributed by atoms with Crippen molar-refractivity contribution < 1.29 is 18.8 Å². The molecule has 2 aromatic rings. The summed E-state index contributed by atoms with van der Waals surface area (Å²) in [5.74, 6) is -1.47. The van der Waals surface area contributed by atoms with Gasteiger partial charge in [0, 0.05) is 30.8 Å². The van der Waals surface area contributed by atoms with Gasteiger partial charge in [-0.05, 0) is 32.8 Å². The van der Waals surface area contributed by atoms with Crippen LogP contribution >= 0.6 is 0 Å². The van der Waals surface area contributed by atoms with E-state index in [2.05, 4.69) is 15.7 Å². The number of rotatable bonds is 6. The first-order valence-electron chi connectivity index (χ1n) is 11.1. The third-order valence-electron chi connectivity index (χ3n) is 6.42. The third kappa shape index (κ3) is 3.99. The lowest BCUT2D eigenvalue weighted by molar-refractivity contribution is -0.133. The molecule has 170 valence electrons. The maximum Gasteiger partial charge on any atom is 0.273 e. The fourth-order valence-electron chi connectivity index (χ4n) is 4.57. The predicted octanol–water partition coefficient (Wildman–Crippen LogP) is 2.25. The second-order valence-corrected chi connectivity index (χ2v) is 8.62. The maximum absolute atomic E-state index is 13.8. The molecular weight excluding hydrogens is 413 g/mol. The zero-order valence-electron chi connectivity index (χ0n) is 18.4. The van der Waals surface area contributed by atoms with Crippen molar-refractivity contribution in [2.24, 2.45) is 0 Å². The average molecular weight is 442 g/mol. The number of likely N-dealkylation sites (N-methyl/N-ethyl adjacent to an activating group) is 1. The van der Waals surface area contributed by atoms with Crippen molar-refractivity contribution in [2.75, 3.05) is 6.54 Å². The van der Waals surface area contributed by atoms with E-state index in [1.165, 1.54) is 21.7 Å². The Bertz CT molecular complexity index is 1050. The largest absolute Gasteiger partial charge is 0.351 e. The molecule has 0 bridgehead atoms. The summed E-state index contributed by atoms with van der Waals surface area (Å²) in [6.07, 6.45) is 4.07. The molecule has 2 aliphatic rings. The number of hydrogen-bond donors (Lipinski definition) is 2. The number of amides is 3. The normalized spacial score (nSPS) is 20.8. The van der Waals surface area contributed by atoms with Gasteiger partial charge in [0.2, 0.25) is 5.91 Å². The molecular formula is C23H28FN5O3. The highest BCUT2D eigenvalue weighted by molar-refractivity contribution is 6.01. The molecule has 2 heterocycles. The van der Waals surface area contributed by atoms with Gasteiger partial charge in [0.25, 0.3) is 11.8 Å². The van der Waals surface area contributed by atoms with E-state index in [1.807, 2.05) is 6.92 Å². The van der Waals surface area contributed by atoms with Crippen LogP contribution in [0.15, 0.2) is 30.3 Å². The third-order valence-corrected chi connectivity index (χ3v) is 6.42. The molecule has 4 rings (SSSR count). The van der Waals surface area contributed by atoms with Crippen LogP contribution in [0.2, 0.25) is 0 Å². The second-order valence-electron chi connectivity index (χ2n) is 8.62. The fraction of sp³-hybridized carbons (Fsp3) is 0.478. The van der Waals surface area contributed by atoms with Crippen LogP contribution in [0.25, 0.3) is 0 Å². The van der Waals surface area contributed by atoms with E-state index in [-0.39, 0.29) is 42.3 Å². The van der Waals surface area contributed by atoms with Crippen LogP contribution in [0.4, 0.5) is 4.39 Å². The van der Waals surface area contributed by atoms with E-state index in [4.69, 9.17) is 0 Å². The molecule has 3 amide bonds. The summed E-state index contributed by atoms with van der Waals surface area (Å²) < 4.78 is 15.2. The molecule has 9 heteroatoms. The summed E-state index contributed by atoms with van der Waals surface area (Å²) >= 11 is 0. The summed E-state index contributed by atoms with van der Waals surface area (Å²) in [4.78, 5) is 40.5. The molecule has 1 atom stereocenters. The molecule has 1 fully saturated rings. The van der Waals surface area contributed by atoms with Gasteiger partial charge in [-0.1, -0.05) is 31.0 Å². The minimum Gasteiger partial charge on any atom is -0.351 e. The number of benzene rings is 1. The van der Waals surface area contributed by atoms with Gasteiger partial charge in [0.05, 0.1) is 6.54 Å². The first-order chi connectivity index (χ1) is 15.3. The van der Waals surface area contributed by atoms with Gasteiger partial charge in [-0.15, -0.1) is 0 Å². The molecule has 1 saturated carbocycles. The summed E-state index contributed by atoms with van der Waals surface area (Å²) in [7, 11) is 0. The Balaban J connectivity index is 1.53. The van der Waals surface area contributed by atoms with Gasteiger partial charge >= 0.3 is 0 Å². The monoisotopic (exact) mass is 441 g/mol. The molecule has 1 aliphatic heterocycles. The molecule has 2 N–H and O–H groups in total. The fourth-order valence-corrected chi connectivity index (χ4v) is 4.57. The molecule has 1 aromatic carbocycles. The lowest BCUT2D eigenvalue weighted by Gasteiger charge is -2.43. The second kappa shape index (κ2) is 8.72. The standard InChI is InChI=1S/C23H28FN5O3/c1-3-28-21(31)19-12-18(20(30)25-13-15-8-4-7-11-17(15)24)27-29(19)14-23(28,2)22(32)26-16-9-5-6-10-16/h4,7-8,11-12,16H,3,5-6,9-10,13-14H2,1-2H3,(H,25,30)(H,26,32)/t23-/m1/s1. The van der Waals surface area contributed by atoms with Gasteiger partial charge in [0.15, 0.2) is 5.69 Å². The highest BCUT2D eigenvalue weighted by Gasteiger charge is 2.48. The van der Waals surface area contributed by atoms with Crippen molar-refractivity contribution in [1.29, 1.82) is 0 Å². The van der Waals surface area contributed by atoms with Crippen LogP contribution in [0.3, 0.4) is 0 Å². The molecule has 8 nitrogen and oxygen atoms in total. The Morgan fingerprint density at radius 1 is 1.25 bits per heavy atom. The van der Waals surface area contributed by atoms with E-state index >= 15 is 0 Å².